The van der Waals surface area contributed by atoms with Crippen LogP contribution in [0.1, 0.15) is 49.9 Å². The smallest absolute Gasteiger partial charge is 0.159 e. The van der Waals surface area contributed by atoms with Crippen molar-refractivity contribution >= 4 is 11.5 Å². The van der Waals surface area contributed by atoms with Crippen LogP contribution in [-0.2, 0) is 0 Å². The average molecular weight is 263 g/mol. The van der Waals surface area contributed by atoms with Gasteiger partial charge in [-0.2, -0.15) is 0 Å². The number of benzene rings is 1. The van der Waals surface area contributed by atoms with Crippen LogP contribution in [0.2, 0.25) is 0 Å². The Labute approximate surface area is 114 Å². The highest BCUT2D eigenvalue weighted by atomic mass is 19.1. The first kappa shape index (κ1) is 14.0. The van der Waals surface area contributed by atoms with E-state index in [1.54, 1.807) is 12.1 Å². The van der Waals surface area contributed by atoms with E-state index in [-0.39, 0.29) is 11.6 Å². The van der Waals surface area contributed by atoms with E-state index in [0.29, 0.717) is 23.2 Å². The van der Waals surface area contributed by atoms with Crippen LogP contribution in [0.4, 0.5) is 10.1 Å². The van der Waals surface area contributed by atoms with Gasteiger partial charge in [0.2, 0.25) is 0 Å². The summed E-state index contributed by atoms with van der Waals surface area (Å²) in [5.74, 6) is 0.192. The summed E-state index contributed by atoms with van der Waals surface area (Å²) in [7, 11) is 1.96. The fraction of sp³-hybridized carbons (Fsp3) is 0.562. The topological polar surface area (TPSA) is 20.3 Å². The van der Waals surface area contributed by atoms with Crippen molar-refractivity contribution < 1.29 is 9.18 Å². The predicted octanol–water partition coefficient (Wildman–Crippen LogP) is 4.04. The zero-order chi connectivity index (χ0) is 14.0. The van der Waals surface area contributed by atoms with Crippen LogP contribution in [0, 0.1) is 11.7 Å². The van der Waals surface area contributed by atoms with Gasteiger partial charge in [-0.25, -0.2) is 4.39 Å². The van der Waals surface area contributed by atoms with Crippen LogP contribution in [0.3, 0.4) is 0 Å². The monoisotopic (exact) mass is 263 g/mol. The van der Waals surface area contributed by atoms with Crippen molar-refractivity contribution in [2.24, 2.45) is 5.92 Å². The highest BCUT2D eigenvalue weighted by Gasteiger charge is 2.26. The molecule has 0 aromatic heterocycles. The Morgan fingerprint density at radius 2 is 2.00 bits per heavy atom. The molecule has 0 spiro atoms. The Kier molecular flexibility index (Phi) is 4.23. The summed E-state index contributed by atoms with van der Waals surface area (Å²) in [5, 5.41) is 0. The molecule has 0 bridgehead atoms. The molecular formula is C16H22FNO. The highest BCUT2D eigenvalue weighted by Crippen LogP contribution is 2.31. The van der Waals surface area contributed by atoms with Gasteiger partial charge in [0, 0.05) is 18.7 Å². The normalized spacial score (nSPS) is 23.2. The van der Waals surface area contributed by atoms with E-state index in [2.05, 4.69) is 6.92 Å². The first-order valence-corrected chi connectivity index (χ1v) is 7.04. The number of ketones is 1. The molecule has 1 aliphatic carbocycles. The molecule has 2 unspecified atom stereocenters. The molecule has 1 aliphatic rings. The van der Waals surface area contributed by atoms with Crippen molar-refractivity contribution in [3.8, 4) is 0 Å². The third-order valence-electron chi connectivity index (χ3n) is 4.30. The largest absolute Gasteiger partial charge is 0.369 e. The number of carbonyl (C=O) groups excluding carboxylic acids is 1. The molecule has 0 amide bonds. The Hall–Kier alpha value is -1.38. The lowest BCUT2D eigenvalue weighted by Gasteiger charge is -2.37. The third kappa shape index (κ3) is 2.96. The van der Waals surface area contributed by atoms with Gasteiger partial charge in [0.05, 0.1) is 5.69 Å². The van der Waals surface area contributed by atoms with E-state index in [1.165, 1.54) is 32.3 Å². The van der Waals surface area contributed by atoms with Crippen LogP contribution < -0.4 is 4.90 Å². The van der Waals surface area contributed by atoms with Crippen LogP contribution in [0.5, 0.6) is 0 Å². The molecule has 1 aromatic rings. The van der Waals surface area contributed by atoms with Crippen LogP contribution in [0.25, 0.3) is 0 Å². The molecule has 1 aromatic carbocycles. The summed E-state index contributed by atoms with van der Waals surface area (Å²) in [6.07, 6.45) is 4.82. The molecule has 2 atom stereocenters. The summed E-state index contributed by atoms with van der Waals surface area (Å²) in [6.45, 7) is 3.70. The number of anilines is 1. The number of halogens is 1. The average Bonchev–Trinajstić information content (AvgIpc) is 2.38. The first-order valence-electron chi connectivity index (χ1n) is 7.04. The van der Waals surface area contributed by atoms with Crippen molar-refractivity contribution in [1.82, 2.24) is 0 Å². The Morgan fingerprint density at radius 1 is 1.32 bits per heavy atom. The molecule has 0 saturated heterocycles. The number of hydrogen-bond donors (Lipinski definition) is 0. The van der Waals surface area contributed by atoms with Gasteiger partial charge in [-0.1, -0.05) is 19.8 Å². The van der Waals surface area contributed by atoms with E-state index < -0.39 is 0 Å². The molecule has 0 heterocycles. The zero-order valence-corrected chi connectivity index (χ0v) is 11.9. The SMILES string of the molecule is CC(=O)c1ccc(N(C)C2CCCCC2C)c(F)c1. The van der Waals surface area contributed by atoms with Crippen molar-refractivity contribution in [1.29, 1.82) is 0 Å². The summed E-state index contributed by atoms with van der Waals surface area (Å²) < 4.78 is 14.1. The lowest BCUT2D eigenvalue weighted by molar-refractivity contribution is 0.101. The lowest BCUT2D eigenvalue weighted by Crippen LogP contribution is -2.39. The number of Topliss-reactive ketones (excluding diaryl/α,β-unsaturated/α-hetero) is 1. The van der Waals surface area contributed by atoms with E-state index in [1.807, 2.05) is 11.9 Å². The summed E-state index contributed by atoms with van der Waals surface area (Å²) in [5.41, 5.74) is 1.04. The molecular weight excluding hydrogens is 241 g/mol. The van der Waals surface area contributed by atoms with Gasteiger partial charge in [0.25, 0.3) is 0 Å². The summed E-state index contributed by atoms with van der Waals surface area (Å²) in [6, 6.07) is 5.19. The maximum atomic E-state index is 14.1. The van der Waals surface area contributed by atoms with Crippen molar-refractivity contribution in [2.45, 2.75) is 45.6 Å². The van der Waals surface area contributed by atoms with Gasteiger partial charge in [0.15, 0.2) is 5.78 Å². The second-order valence-electron chi connectivity index (χ2n) is 5.66. The highest BCUT2D eigenvalue weighted by molar-refractivity contribution is 5.94. The van der Waals surface area contributed by atoms with Gasteiger partial charge < -0.3 is 4.90 Å². The van der Waals surface area contributed by atoms with E-state index in [9.17, 15) is 9.18 Å². The molecule has 1 fully saturated rings. The third-order valence-corrected chi connectivity index (χ3v) is 4.30. The standard InChI is InChI=1S/C16H22FNO/c1-11-6-4-5-7-15(11)18(3)16-9-8-13(12(2)19)10-14(16)17/h8-11,15H,4-7H2,1-3H3. The van der Waals surface area contributed by atoms with Gasteiger partial charge in [-0.05, 0) is 43.9 Å². The number of hydrogen-bond acceptors (Lipinski definition) is 2. The summed E-state index contributed by atoms with van der Waals surface area (Å²) >= 11 is 0. The van der Waals surface area contributed by atoms with Crippen LogP contribution >= 0.6 is 0 Å². The molecule has 1 saturated carbocycles. The molecule has 0 radical (unpaired) electrons. The molecule has 2 nitrogen and oxygen atoms in total. The molecule has 0 N–H and O–H groups in total. The van der Waals surface area contributed by atoms with Gasteiger partial charge in [-0.15, -0.1) is 0 Å². The van der Waals surface area contributed by atoms with Gasteiger partial charge in [-0.3, -0.25) is 4.79 Å². The number of carbonyl (C=O) groups is 1. The van der Waals surface area contributed by atoms with Crippen LogP contribution in [0.15, 0.2) is 18.2 Å². The predicted molar refractivity (Wildman–Crippen MR) is 76.2 cm³/mol. The van der Waals surface area contributed by atoms with Crippen LogP contribution in [-0.4, -0.2) is 18.9 Å². The van der Waals surface area contributed by atoms with Crippen molar-refractivity contribution in [3.05, 3.63) is 29.6 Å². The lowest BCUT2D eigenvalue weighted by atomic mass is 9.85. The maximum Gasteiger partial charge on any atom is 0.159 e. The number of nitrogens with zero attached hydrogens (tertiary/aromatic N) is 1. The molecule has 19 heavy (non-hydrogen) atoms. The zero-order valence-electron chi connectivity index (χ0n) is 11.9. The molecule has 2 rings (SSSR count). The number of rotatable bonds is 3. The first-order chi connectivity index (χ1) is 9.00. The molecule has 3 heteroatoms. The second kappa shape index (κ2) is 5.72. The Balaban J connectivity index is 2.23. The van der Waals surface area contributed by atoms with Crippen molar-refractivity contribution in [2.75, 3.05) is 11.9 Å². The molecule has 104 valence electrons. The molecule has 0 aliphatic heterocycles. The maximum absolute atomic E-state index is 14.1. The van der Waals surface area contributed by atoms with Gasteiger partial charge in [0.1, 0.15) is 5.82 Å². The van der Waals surface area contributed by atoms with E-state index in [0.717, 1.165) is 6.42 Å². The summed E-state index contributed by atoms with van der Waals surface area (Å²) in [4.78, 5) is 13.3. The van der Waals surface area contributed by atoms with E-state index >= 15 is 0 Å². The van der Waals surface area contributed by atoms with E-state index in [4.69, 9.17) is 0 Å². The minimum Gasteiger partial charge on any atom is -0.369 e. The quantitative estimate of drug-likeness (QED) is 0.767. The Bertz CT molecular complexity index is 472. The minimum atomic E-state index is -0.298. The minimum absolute atomic E-state index is 0.0980. The van der Waals surface area contributed by atoms with Gasteiger partial charge >= 0.3 is 0 Å². The Morgan fingerprint density at radius 3 is 2.58 bits per heavy atom. The fourth-order valence-electron chi connectivity index (χ4n) is 3.06. The fourth-order valence-corrected chi connectivity index (χ4v) is 3.06. The van der Waals surface area contributed by atoms with Crippen molar-refractivity contribution in [3.63, 3.8) is 0 Å². The second-order valence-corrected chi connectivity index (χ2v) is 5.66.